The van der Waals surface area contributed by atoms with Gasteiger partial charge in [0.05, 0.1) is 5.54 Å². The van der Waals surface area contributed by atoms with Crippen molar-refractivity contribution in [2.75, 3.05) is 42.7 Å². The van der Waals surface area contributed by atoms with Gasteiger partial charge in [0.25, 0.3) is 0 Å². The molecule has 138 valence electrons. The molecule has 0 saturated carbocycles. The lowest BCUT2D eigenvalue weighted by atomic mass is 10.00. The van der Waals surface area contributed by atoms with E-state index >= 15 is 0 Å². The lowest BCUT2D eigenvalue weighted by molar-refractivity contribution is 0.0219. The average molecular weight is 393 g/mol. The lowest BCUT2D eigenvalue weighted by Crippen LogP contribution is -2.91. The summed E-state index contributed by atoms with van der Waals surface area (Å²) >= 11 is 0. The van der Waals surface area contributed by atoms with Crippen LogP contribution in [-0.2, 0) is 31.0 Å². The summed E-state index contributed by atoms with van der Waals surface area (Å²) in [7, 11) is -0.959. The molecule has 7 nitrogen and oxygen atoms in total. The highest BCUT2D eigenvalue weighted by atomic mass is 29.7. The maximum atomic E-state index is 6.39. The average Bonchev–Trinajstić information content (AvgIpc) is 2.65. The normalized spacial score (nSPS) is 26.5. The second-order valence-electron chi connectivity index (χ2n) is 5.14. The fourth-order valence-corrected chi connectivity index (χ4v) is 30.1. The van der Waals surface area contributed by atoms with Crippen molar-refractivity contribution in [2.24, 2.45) is 0 Å². The SMILES string of the molecule is C=CC1C(C=C)(C=C)O[Si](OC)(OC)[Si](OC)(OC)[Si]1(OC)OC. The predicted octanol–water partition coefficient (Wildman–Crippen LogP) is 1.54. The highest BCUT2D eigenvalue weighted by Gasteiger charge is 2.88. The van der Waals surface area contributed by atoms with E-state index in [1.807, 2.05) is 0 Å². The van der Waals surface area contributed by atoms with Gasteiger partial charge in [0, 0.05) is 42.7 Å². The van der Waals surface area contributed by atoms with Crippen LogP contribution in [0.2, 0.25) is 5.54 Å². The first-order chi connectivity index (χ1) is 11.4. The summed E-state index contributed by atoms with van der Waals surface area (Å²) in [5.41, 5.74) is -1.46. The Morgan fingerprint density at radius 3 is 1.50 bits per heavy atom. The third kappa shape index (κ3) is 2.41. The van der Waals surface area contributed by atoms with Crippen molar-refractivity contribution >= 4 is 24.0 Å². The molecule has 10 heteroatoms. The Morgan fingerprint density at radius 1 is 0.792 bits per heavy atom. The molecule has 0 spiro atoms. The molecule has 1 rings (SSSR count). The van der Waals surface area contributed by atoms with Gasteiger partial charge >= 0.3 is 24.0 Å². The first-order valence-electron chi connectivity index (χ1n) is 7.30. The zero-order chi connectivity index (χ0) is 18.6. The molecule has 1 aliphatic rings. The maximum absolute atomic E-state index is 6.39. The smallest absolute Gasteiger partial charge is 0.396 e. The van der Waals surface area contributed by atoms with E-state index in [0.717, 1.165) is 0 Å². The molecule has 0 aromatic heterocycles. The van der Waals surface area contributed by atoms with E-state index in [2.05, 4.69) is 19.7 Å². The van der Waals surface area contributed by atoms with Crippen molar-refractivity contribution in [1.82, 2.24) is 0 Å². The van der Waals surface area contributed by atoms with Crippen molar-refractivity contribution in [2.45, 2.75) is 11.1 Å². The van der Waals surface area contributed by atoms with Crippen molar-refractivity contribution in [1.29, 1.82) is 0 Å². The van der Waals surface area contributed by atoms with Crippen LogP contribution < -0.4 is 0 Å². The van der Waals surface area contributed by atoms with E-state index in [1.165, 1.54) is 28.4 Å². The highest BCUT2D eigenvalue weighted by Crippen LogP contribution is 2.53. The minimum Gasteiger partial charge on any atom is -0.396 e. The molecule has 1 atom stereocenters. The van der Waals surface area contributed by atoms with Gasteiger partial charge in [-0.1, -0.05) is 31.4 Å². The van der Waals surface area contributed by atoms with Crippen LogP contribution in [0, 0.1) is 0 Å². The summed E-state index contributed by atoms with van der Waals surface area (Å²) in [4.78, 5) is 0. The van der Waals surface area contributed by atoms with Gasteiger partial charge in [-0.3, -0.25) is 0 Å². The fraction of sp³-hybridized carbons (Fsp3) is 0.571. The van der Waals surface area contributed by atoms with Gasteiger partial charge in [-0.05, 0) is 0 Å². The van der Waals surface area contributed by atoms with Crippen molar-refractivity contribution in [3.05, 3.63) is 38.0 Å². The number of rotatable bonds is 9. The van der Waals surface area contributed by atoms with Crippen LogP contribution in [-0.4, -0.2) is 72.3 Å². The van der Waals surface area contributed by atoms with Crippen LogP contribution in [0.5, 0.6) is 0 Å². The van der Waals surface area contributed by atoms with E-state index in [4.69, 9.17) is 31.0 Å². The van der Waals surface area contributed by atoms with Gasteiger partial charge < -0.3 is 31.0 Å². The van der Waals surface area contributed by atoms with Crippen molar-refractivity contribution in [3.63, 3.8) is 0 Å². The van der Waals surface area contributed by atoms with E-state index < -0.39 is 35.1 Å². The van der Waals surface area contributed by atoms with Crippen LogP contribution in [0.1, 0.15) is 0 Å². The minimum atomic E-state index is -3.51. The second-order valence-corrected chi connectivity index (χ2v) is 21.5. The third-order valence-corrected chi connectivity index (χ3v) is 29.2. The van der Waals surface area contributed by atoms with E-state index in [9.17, 15) is 0 Å². The predicted molar refractivity (Wildman–Crippen MR) is 97.5 cm³/mol. The van der Waals surface area contributed by atoms with Crippen LogP contribution >= 0.6 is 0 Å². The van der Waals surface area contributed by atoms with Gasteiger partial charge in [-0.15, -0.1) is 6.58 Å². The van der Waals surface area contributed by atoms with Crippen LogP contribution in [0.25, 0.3) is 0 Å². The Morgan fingerprint density at radius 2 is 1.25 bits per heavy atom. The Balaban J connectivity index is 3.94. The standard InChI is InChI=1S/C14H28O7Si3/c1-10-13-14(11-2,12-3)21-23(17-6,18-7)24(19-8,20-9)22(13,15-4)16-5/h10-13H,1-3H2,4-9H3. The second kappa shape index (κ2) is 7.87. The largest absolute Gasteiger partial charge is 0.541 e. The fourth-order valence-electron chi connectivity index (χ4n) is 3.50. The van der Waals surface area contributed by atoms with E-state index in [1.54, 1.807) is 32.4 Å². The molecule has 0 bridgehead atoms. The van der Waals surface area contributed by atoms with Gasteiger partial charge in [0.1, 0.15) is 5.60 Å². The Labute approximate surface area is 147 Å². The molecular formula is C14H28O7Si3. The number of hydrogen-bond donors (Lipinski definition) is 0. The minimum absolute atomic E-state index is 0.424. The molecule has 24 heavy (non-hydrogen) atoms. The first kappa shape index (κ1) is 21.6. The molecule has 0 amide bonds. The summed E-state index contributed by atoms with van der Waals surface area (Å²) in [6.07, 6.45) is 4.98. The van der Waals surface area contributed by atoms with Crippen molar-refractivity contribution < 1.29 is 31.0 Å². The zero-order valence-corrected chi connectivity index (χ0v) is 18.3. The number of hydrogen-bond acceptors (Lipinski definition) is 7. The van der Waals surface area contributed by atoms with E-state index in [-0.39, 0.29) is 0 Å². The Kier molecular flexibility index (Phi) is 7.09. The molecule has 1 heterocycles. The van der Waals surface area contributed by atoms with Crippen LogP contribution in [0.4, 0.5) is 0 Å². The lowest BCUT2D eigenvalue weighted by Gasteiger charge is -2.58. The van der Waals surface area contributed by atoms with Crippen molar-refractivity contribution in [3.8, 4) is 0 Å². The molecule has 1 aliphatic heterocycles. The summed E-state index contributed by atoms with van der Waals surface area (Å²) in [6, 6.07) is 0. The molecule has 0 aromatic rings. The van der Waals surface area contributed by atoms with E-state index in [0.29, 0.717) is 0 Å². The monoisotopic (exact) mass is 392 g/mol. The molecule has 1 fully saturated rings. The summed E-state index contributed by atoms with van der Waals surface area (Å²) in [5.74, 6) is 0. The molecular weight excluding hydrogens is 364 g/mol. The molecule has 0 radical (unpaired) electrons. The van der Waals surface area contributed by atoms with Gasteiger partial charge in [0.2, 0.25) is 0 Å². The third-order valence-electron chi connectivity index (χ3n) is 4.66. The van der Waals surface area contributed by atoms with Gasteiger partial charge in [0.15, 0.2) is 0 Å². The summed E-state index contributed by atoms with van der Waals surface area (Å²) in [6.45, 7) is 11.8. The molecule has 0 aliphatic carbocycles. The van der Waals surface area contributed by atoms with Crippen LogP contribution in [0.15, 0.2) is 38.0 Å². The topological polar surface area (TPSA) is 64.6 Å². The van der Waals surface area contributed by atoms with Gasteiger partial charge in [-0.25, -0.2) is 0 Å². The van der Waals surface area contributed by atoms with Crippen LogP contribution in [0.3, 0.4) is 0 Å². The molecule has 0 N–H and O–H groups in total. The summed E-state index contributed by atoms with van der Waals surface area (Å²) < 4.78 is 41.8. The highest BCUT2D eigenvalue weighted by molar-refractivity contribution is 7.59. The first-order valence-corrected chi connectivity index (χ1v) is 14.7. The molecule has 0 aromatic carbocycles. The van der Waals surface area contributed by atoms with Gasteiger partial charge in [-0.2, -0.15) is 0 Å². The Bertz CT molecular complexity index is 465. The maximum Gasteiger partial charge on any atom is 0.541 e. The Hall–Kier alpha value is -0.409. The molecule has 1 unspecified atom stereocenters. The zero-order valence-electron chi connectivity index (χ0n) is 15.3. The quantitative estimate of drug-likeness (QED) is 0.436. The molecule has 1 saturated heterocycles. The summed E-state index contributed by atoms with van der Waals surface area (Å²) in [5, 5.41) is 0.